The fourth-order valence-corrected chi connectivity index (χ4v) is 4.39. The molecule has 0 amide bonds. The Hall–Kier alpha value is 0.310. The normalized spacial score (nSPS) is 38.2. The molecule has 1 aliphatic heterocycles. The molecule has 0 bridgehead atoms. The zero-order valence-electron chi connectivity index (χ0n) is 10.4. The largest absolute Gasteiger partial charge is 0.303 e. The minimum atomic E-state index is 0.472. The predicted molar refractivity (Wildman–Crippen MR) is 69.2 cm³/mol. The summed E-state index contributed by atoms with van der Waals surface area (Å²) in [5.74, 6) is 2.31. The van der Waals surface area contributed by atoms with E-state index in [9.17, 15) is 0 Å². The quantitative estimate of drug-likeness (QED) is 0.678. The molecule has 0 atom stereocenters. The van der Waals surface area contributed by atoms with Gasteiger partial charge in [-0.05, 0) is 55.7 Å². The van der Waals surface area contributed by atoms with E-state index in [1.54, 1.807) is 0 Å². The summed E-state index contributed by atoms with van der Waals surface area (Å²) in [6, 6.07) is 0. The molecular weight excluding hydrogens is 202 g/mol. The lowest BCUT2D eigenvalue weighted by Gasteiger charge is -2.46. The van der Waals surface area contributed by atoms with Crippen LogP contribution < -0.4 is 5.32 Å². The number of hydrogen-bond acceptors (Lipinski definition) is 2. The zero-order chi connectivity index (χ0) is 10.9. The van der Waals surface area contributed by atoms with E-state index in [4.69, 9.17) is 0 Å². The molecule has 15 heavy (non-hydrogen) atoms. The van der Waals surface area contributed by atoms with Crippen LogP contribution in [0.4, 0.5) is 0 Å². The highest BCUT2D eigenvalue weighted by atomic mass is 32.2. The van der Waals surface area contributed by atoms with Crippen LogP contribution in [0.5, 0.6) is 0 Å². The molecule has 1 aliphatic carbocycles. The lowest BCUT2D eigenvalue weighted by Crippen LogP contribution is -2.49. The molecule has 0 aromatic carbocycles. The maximum absolute atomic E-state index is 3.77. The highest BCUT2D eigenvalue weighted by Crippen LogP contribution is 2.46. The van der Waals surface area contributed by atoms with Crippen molar-refractivity contribution in [3.63, 3.8) is 0 Å². The number of hydrogen-bond donors (Lipinski definition) is 1. The average molecular weight is 227 g/mol. The topological polar surface area (TPSA) is 12.0 Å². The molecule has 1 saturated carbocycles. The Labute approximate surface area is 98.8 Å². The maximum atomic E-state index is 3.77. The van der Waals surface area contributed by atoms with Crippen molar-refractivity contribution in [2.75, 3.05) is 12.3 Å². The Morgan fingerprint density at radius 1 is 1.20 bits per heavy atom. The highest BCUT2D eigenvalue weighted by molar-refractivity contribution is 8.00. The fourth-order valence-electron chi connectivity index (χ4n) is 2.98. The van der Waals surface area contributed by atoms with Crippen molar-refractivity contribution >= 4 is 11.8 Å². The summed E-state index contributed by atoms with van der Waals surface area (Å²) in [7, 11) is 0. The molecule has 1 nitrogen and oxygen atoms in total. The molecule has 1 N–H and O–H groups in total. The first-order chi connectivity index (χ1) is 7.02. The van der Waals surface area contributed by atoms with Gasteiger partial charge < -0.3 is 5.32 Å². The van der Waals surface area contributed by atoms with Crippen LogP contribution in [0.3, 0.4) is 0 Å². The molecule has 2 heteroatoms. The molecule has 2 rings (SSSR count). The second-order valence-corrected chi connectivity index (χ2v) is 7.74. The van der Waals surface area contributed by atoms with Crippen molar-refractivity contribution < 1.29 is 0 Å². The summed E-state index contributed by atoms with van der Waals surface area (Å²) < 4.78 is 0. The Morgan fingerprint density at radius 3 is 2.33 bits per heavy atom. The number of nitrogens with one attached hydrogen (secondary N) is 1. The van der Waals surface area contributed by atoms with Gasteiger partial charge in [0, 0.05) is 0 Å². The zero-order valence-corrected chi connectivity index (χ0v) is 11.3. The third-order valence-electron chi connectivity index (χ3n) is 4.16. The van der Waals surface area contributed by atoms with Crippen LogP contribution in [0.2, 0.25) is 0 Å². The summed E-state index contributed by atoms with van der Waals surface area (Å²) >= 11 is 2.19. The summed E-state index contributed by atoms with van der Waals surface area (Å²) in [6.45, 7) is 8.44. The van der Waals surface area contributed by atoms with Crippen molar-refractivity contribution in [2.24, 2.45) is 11.3 Å². The smallest absolute Gasteiger partial charge is 0.0645 e. The van der Waals surface area contributed by atoms with Gasteiger partial charge in [-0.3, -0.25) is 0 Å². The van der Waals surface area contributed by atoms with Crippen LogP contribution in [0, 0.1) is 11.3 Å². The van der Waals surface area contributed by atoms with E-state index < -0.39 is 0 Å². The summed E-state index contributed by atoms with van der Waals surface area (Å²) in [4.78, 5) is 0.472. The number of rotatable bonds is 0. The van der Waals surface area contributed by atoms with Crippen LogP contribution in [0.15, 0.2) is 0 Å². The van der Waals surface area contributed by atoms with E-state index in [-0.39, 0.29) is 0 Å². The van der Waals surface area contributed by atoms with Crippen LogP contribution in [-0.2, 0) is 0 Å². The van der Waals surface area contributed by atoms with Gasteiger partial charge in [0.2, 0.25) is 0 Å². The SMILES string of the molecule is CC(C)(C)C1CCC2(CC1)NCCCS2. The van der Waals surface area contributed by atoms with E-state index in [1.165, 1.54) is 44.4 Å². The molecule has 2 fully saturated rings. The molecule has 0 radical (unpaired) electrons. The van der Waals surface area contributed by atoms with Gasteiger partial charge in [-0.2, -0.15) is 0 Å². The van der Waals surface area contributed by atoms with Crippen LogP contribution >= 0.6 is 11.8 Å². The van der Waals surface area contributed by atoms with Crippen LogP contribution in [-0.4, -0.2) is 17.2 Å². The molecule has 0 aromatic heterocycles. The number of thioether (sulfide) groups is 1. The van der Waals surface area contributed by atoms with Gasteiger partial charge in [0.15, 0.2) is 0 Å². The minimum absolute atomic E-state index is 0.472. The van der Waals surface area contributed by atoms with Crippen molar-refractivity contribution in [3.05, 3.63) is 0 Å². The summed E-state index contributed by atoms with van der Waals surface area (Å²) in [5, 5.41) is 3.77. The summed E-state index contributed by atoms with van der Waals surface area (Å²) in [6.07, 6.45) is 6.97. The van der Waals surface area contributed by atoms with Gasteiger partial charge in [-0.1, -0.05) is 20.8 Å². The third kappa shape index (κ3) is 2.71. The molecule has 1 heterocycles. The minimum Gasteiger partial charge on any atom is -0.303 e. The lowest BCUT2D eigenvalue weighted by molar-refractivity contribution is 0.149. The maximum Gasteiger partial charge on any atom is 0.0645 e. The predicted octanol–water partition coefficient (Wildman–Crippen LogP) is 3.65. The van der Waals surface area contributed by atoms with Gasteiger partial charge >= 0.3 is 0 Å². The molecule has 0 aromatic rings. The van der Waals surface area contributed by atoms with Gasteiger partial charge in [-0.25, -0.2) is 0 Å². The van der Waals surface area contributed by atoms with Gasteiger partial charge in [0.25, 0.3) is 0 Å². The third-order valence-corrected chi connectivity index (χ3v) is 5.76. The van der Waals surface area contributed by atoms with Crippen LogP contribution in [0.1, 0.15) is 52.9 Å². The molecule has 0 unspecified atom stereocenters. The molecule has 1 spiro atoms. The molecule has 2 aliphatic rings. The fraction of sp³-hybridized carbons (Fsp3) is 1.00. The van der Waals surface area contributed by atoms with Crippen molar-refractivity contribution in [1.82, 2.24) is 5.32 Å². The first-order valence-corrected chi connectivity index (χ1v) is 7.39. The van der Waals surface area contributed by atoms with E-state index in [0.29, 0.717) is 10.3 Å². The van der Waals surface area contributed by atoms with E-state index in [1.807, 2.05) is 0 Å². The standard InChI is InChI=1S/C13H25NS/c1-12(2,3)11-5-7-13(8-6-11)14-9-4-10-15-13/h11,14H,4-10H2,1-3H3. The van der Waals surface area contributed by atoms with Crippen molar-refractivity contribution in [3.8, 4) is 0 Å². The Bertz CT molecular complexity index is 203. The molecule has 88 valence electrons. The van der Waals surface area contributed by atoms with E-state index >= 15 is 0 Å². The molecule has 1 saturated heterocycles. The Kier molecular flexibility index (Phi) is 3.37. The van der Waals surface area contributed by atoms with Gasteiger partial charge in [0.05, 0.1) is 4.87 Å². The van der Waals surface area contributed by atoms with Gasteiger partial charge in [-0.15, -0.1) is 11.8 Å². The lowest BCUT2D eigenvalue weighted by atomic mass is 9.71. The first kappa shape index (κ1) is 11.8. The Balaban J connectivity index is 1.91. The monoisotopic (exact) mass is 227 g/mol. The van der Waals surface area contributed by atoms with E-state index in [2.05, 4.69) is 37.8 Å². The highest BCUT2D eigenvalue weighted by Gasteiger charge is 2.39. The summed E-state index contributed by atoms with van der Waals surface area (Å²) in [5.41, 5.74) is 0.515. The van der Waals surface area contributed by atoms with Crippen molar-refractivity contribution in [1.29, 1.82) is 0 Å². The van der Waals surface area contributed by atoms with Crippen LogP contribution in [0.25, 0.3) is 0 Å². The molecular formula is C13H25NS. The second-order valence-electron chi connectivity index (χ2n) is 6.26. The van der Waals surface area contributed by atoms with Gasteiger partial charge in [0.1, 0.15) is 0 Å². The average Bonchev–Trinajstić information content (AvgIpc) is 2.18. The van der Waals surface area contributed by atoms with Crippen molar-refractivity contribution in [2.45, 2.75) is 57.7 Å². The first-order valence-electron chi connectivity index (χ1n) is 6.41. The Morgan fingerprint density at radius 2 is 1.87 bits per heavy atom. The van der Waals surface area contributed by atoms with E-state index in [0.717, 1.165) is 5.92 Å². The second kappa shape index (κ2) is 4.29.